The number of alkyl halides is 3. The maximum absolute atomic E-state index is 12.8. The van der Waals surface area contributed by atoms with Gasteiger partial charge in [-0.05, 0) is 18.6 Å². The van der Waals surface area contributed by atoms with Crippen molar-refractivity contribution < 1.29 is 26.4 Å². The van der Waals surface area contributed by atoms with Gasteiger partial charge < -0.3 is 5.32 Å². The lowest BCUT2D eigenvalue weighted by Gasteiger charge is -2.15. The van der Waals surface area contributed by atoms with Crippen LogP contribution < -0.4 is 5.32 Å². The highest BCUT2D eigenvalue weighted by Gasteiger charge is 2.36. The van der Waals surface area contributed by atoms with Crippen LogP contribution in [0.1, 0.15) is 22.3 Å². The van der Waals surface area contributed by atoms with Crippen molar-refractivity contribution in [1.82, 2.24) is 5.32 Å². The van der Waals surface area contributed by atoms with Crippen molar-refractivity contribution >= 4 is 15.7 Å². The van der Waals surface area contributed by atoms with E-state index >= 15 is 0 Å². The van der Waals surface area contributed by atoms with E-state index in [2.05, 4.69) is 5.32 Å². The molecular formula is C12H12F3NO3S. The van der Waals surface area contributed by atoms with Gasteiger partial charge in [0.05, 0.1) is 22.6 Å². The van der Waals surface area contributed by atoms with Gasteiger partial charge in [-0.1, -0.05) is 12.1 Å². The molecule has 0 spiro atoms. The van der Waals surface area contributed by atoms with Crippen molar-refractivity contribution in [3.05, 3.63) is 35.4 Å². The summed E-state index contributed by atoms with van der Waals surface area (Å²) < 4.78 is 60.8. The van der Waals surface area contributed by atoms with Gasteiger partial charge in [0.1, 0.15) is 0 Å². The number of hydrogen-bond donors (Lipinski definition) is 1. The van der Waals surface area contributed by atoms with E-state index in [1.165, 1.54) is 12.1 Å². The normalized spacial score (nSPS) is 21.6. The number of halogens is 3. The molecule has 8 heteroatoms. The molecule has 0 aliphatic carbocycles. The third-order valence-corrected chi connectivity index (χ3v) is 4.81. The maximum Gasteiger partial charge on any atom is 0.417 e. The Balaban J connectivity index is 2.19. The third-order valence-electron chi connectivity index (χ3n) is 3.04. The summed E-state index contributed by atoms with van der Waals surface area (Å²) >= 11 is 0. The largest absolute Gasteiger partial charge is 0.417 e. The number of hydrogen-bond acceptors (Lipinski definition) is 3. The Morgan fingerprint density at radius 2 is 1.90 bits per heavy atom. The lowest BCUT2D eigenvalue weighted by molar-refractivity contribution is -0.137. The van der Waals surface area contributed by atoms with Crippen molar-refractivity contribution in [3.8, 4) is 0 Å². The Bertz CT molecular complexity index is 625. The summed E-state index contributed by atoms with van der Waals surface area (Å²) in [7, 11) is -3.20. The molecule has 1 atom stereocenters. The van der Waals surface area contributed by atoms with Crippen LogP contribution in [0.25, 0.3) is 0 Å². The fourth-order valence-electron chi connectivity index (χ4n) is 2.10. The van der Waals surface area contributed by atoms with Crippen molar-refractivity contribution in [2.45, 2.75) is 18.6 Å². The van der Waals surface area contributed by atoms with Crippen LogP contribution in [-0.4, -0.2) is 31.9 Å². The molecule has 0 saturated carbocycles. The fourth-order valence-corrected chi connectivity index (χ4v) is 3.77. The van der Waals surface area contributed by atoms with Crippen LogP contribution in [0.5, 0.6) is 0 Å². The Labute approximate surface area is 113 Å². The van der Waals surface area contributed by atoms with Gasteiger partial charge in [-0.25, -0.2) is 8.42 Å². The summed E-state index contributed by atoms with van der Waals surface area (Å²) in [5, 5.41) is 2.35. The van der Waals surface area contributed by atoms with Gasteiger partial charge in [0, 0.05) is 6.04 Å². The molecule has 1 aliphatic rings. The van der Waals surface area contributed by atoms with Gasteiger partial charge in [-0.15, -0.1) is 0 Å². The van der Waals surface area contributed by atoms with Gasteiger partial charge >= 0.3 is 6.18 Å². The minimum Gasteiger partial charge on any atom is -0.348 e. The fraction of sp³-hybridized carbons (Fsp3) is 0.417. The molecule has 1 fully saturated rings. The van der Waals surface area contributed by atoms with Gasteiger partial charge in [0.15, 0.2) is 9.84 Å². The Kier molecular flexibility index (Phi) is 3.77. The Morgan fingerprint density at radius 1 is 1.25 bits per heavy atom. The zero-order valence-electron chi connectivity index (χ0n) is 10.3. The first-order valence-electron chi connectivity index (χ1n) is 5.86. The second-order valence-electron chi connectivity index (χ2n) is 4.62. The summed E-state index contributed by atoms with van der Waals surface area (Å²) in [4.78, 5) is 11.9. The van der Waals surface area contributed by atoms with Crippen molar-refractivity contribution in [1.29, 1.82) is 0 Å². The molecule has 2 rings (SSSR count). The van der Waals surface area contributed by atoms with Crippen molar-refractivity contribution in [3.63, 3.8) is 0 Å². The van der Waals surface area contributed by atoms with E-state index in [0.717, 1.165) is 12.1 Å². The number of sulfone groups is 1. The topological polar surface area (TPSA) is 63.2 Å². The van der Waals surface area contributed by atoms with Crippen molar-refractivity contribution in [2.24, 2.45) is 0 Å². The van der Waals surface area contributed by atoms with Crippen LogP contribution in [0.15, 0.2) is 24.3 Å². The number of rotatable bonds is 2. The predicted octanol–water partition coefficient (Wildman–Crippen LogP) is 1.62. The van der Waals surface area contributed by atoms with E-state index in [9.17, 15) is 26.4 Å². The lowest BCUT2D eigenvalue weighted by atomic mass is 10.1. The lowest BCUT2D eigenvalue weighted by Crippen LogP contribution is -2.36. The monoisotopic (exact) mass is 307 g/mol. The summed E-state index contributed by atoms with van der Waals surface area (Å²) in [6.07, 6.45) is -4.40. The van der Waals surface area contributed by atoms with Gasteiger partial charge in [0.2, 0.25) is 0 Å². The van der Waals surface area contributed by atoms with Crippen LogP contribution >= 0.6 is 0 Å². The quantitative estimate of drug-likeness (QED) is 0.903. The first-order chi connectivity index (χ1) is 9.19. The molecule has 0 bridgehead atoms. The molecule has 1 heterocycles. The van der Waals surface area contributed by atoms with Crippen LogP contribution in [-0.2, 0) is 16.0 Å². The van der Waals surface area contributed by atoms with E-state index in [1.54, 1.807) is 0 Å². The van der Waals surface area contributed by atoms with Crippen molar-refractivity contribution in [2.75, 3.05) is 11.5 Å². The molecule has 1 N–H and O–H groups in total. The number of carbonyl (C=O) groups is 1. The summed E-state index contributed by atoms with van der Waals surface area (Å²) in [6.45, 7) is 0. The standard InChI is InChI=1S/C12H12F3NO3S/c13-12(14,15)10-4-2-1-3-9(10)11(17)16-8-5-6-20(18,19)7-8/h1-4,8H,5-7H2,(H,16,17)/t8-/m0/s1. The number of nitrogens with one attached hydrogen (secondary N) is 1. The first kappa shape index (κ1) is 14.8. The summed E-state index contributed by atoms with van der Waals surface area (Å²) in [5.41, 5.74) is -1.53. The number of carbonyl (C=O) groups excluding carboxylic acids is 1. The molecule has 1 aromatic rings. The SMILES string of the molecule is O=C(N[C@H]1CCS(=O)(=O)C1)c1ccccc1C(F)(F)F. The highest BCUT2D eigenvalue weighted by Crippen LogP contribution is 2.31. The van der Waals surface area contributed by atoms with E-state index in [4.69, 9.17) is 0 Å². The number of amides is 1. The third kappa shape index (κ3) is 3.30. The zero-order chi connectivity index (χ0) is 15.0. The summed E-state index contributed by atoms with van der Waals surface area (Å²) in [5.74, 6) is -1.19. The van der Waals surface area contributed by atoms with Crippen LogP contribution in [0.4, 0.5) is 13.2 Å². The Morgan fingerprint density at radius 3 is 2.45 bits per heavy atom. The molecule has 1 aromatic carbocycles. The van der Waals surface area contributed by atoms with Gasteiger partial charge in [-0.2, -0.15) is 13.2 Å². The van der Waals surface area contributed by atoms with Gasteiger partial charge in [-0.3, -0.25) is 4.79 Å². The van der Waals surface area contributed by atoms with Crippen LogP contribution in [0.3, 0.4) is 0 Å². The molecule has 1 aliphatic heterocycles. The molecule has 0 aromatic heterocycles. The van der Waals surface area contributed by atoms with Crippen LogP contribution in [0.2, 0.25) is 0 Å². The highest BCUT2D eigenvalue weighted by atomic mass is 32.2. The molecular weight excluding hydrogens is 295 g/mol. The molecule has 20 heavy (non-hydrogen) atoms. The first-order valence-corrected chi connectivity index (χ1v) is 7.69. The second kappa shape index (κ2) is 5.08. The molecule has 0 radical (unpaired) electrons. The smallest absolute Gasteiger partial charge is 0.348 e. The van der Waals surface area contributed by atoms with E-state index in [-0.39, 0.29) is 17.9 Å². The highest BCUT2D eigenvalue weighted by molar-refractivity contribution is 7.91. The summed E-state index contributed by atoms with van der Waals surface area (Å²) in [6, 6.07) is 3.78. The average Bonchev–Trinajstić information content (AvgIpc) is 2.67. The van der Waals surface area contributed by atoms with Gasteiger partial charge in [0.25, 0.3) is 5.91 Å². The molecule has 1 saturated heterocycles. The van der Waals surface area contributed by atoms with Crippen LogP contribution in [0, 0.1) is 0 Å². The molecule has 4 nitrogen and oxygen atoms in total. The molecule has 0 unspecified atom stereocenters. The predicted molar refractivity (Wildman–Crippen MR) is 66.0 cm³/mol. The maximum atomic E-state index is 12.8. The van der Waals surface area contributed by atoms with E-state index in [1.807, 2.05) is 0 Å². The Hall–Kier alpha value is -1.57. The molecule has 1 amide bonds. The molecule has 110 valence electrons. The minimum absolute atomic E-state index is 0.0567. The average molecular weight is 307 g/mol. The number of benzene rings is 1. The minimum atomic E-state index is -4.63. The second-order valence-corrected chi connectivity index (χ2v) is 6.85. The van der Waals surface area contributed by atoms with E-state index < -0.39 is 39.1 Å². The zero-order valence-corrected chi connectivity index (χ0v) is 11.1. The van der Waals surface area contributed by atoms with E-state index in [0.29, 0.717) is 0 Å².